The average molecular weight is 296 g/mol. The predicted octanol–water partition coefficient (Wildman–Crippen LogP) is 4.18. The second-order valence-corrected chi connectivity index (χ2v) is 7.08. The van der Waals surface area contributed by atoms with Crippen LogP contribution in [0.1, 0.15) is 79.6 Å². The number of carbonyl (C=O) groups is 1. The summed E-state index contributed by atoms with van der Waals surface area (Å²) in [6.07, 6.45) is 8.69. The number of amides is 1. The Balaban J connectivity index is 2.33. The van der Waals surface area contributed by atoms with Crippen LogP contribution in [0.5, 0.6) is 0 Å². The van der Waals surface area contributed by atoms with Crippen molar-refractivity contribution >= 4 is 5.91 Å². The van der Waals surface area contributed by atoms with E-state index in [4.69, 9.17) is 0 Å². The molecular weight excluding hydrogens is 260 g/mol. The molecule has 0 saturated carbocycles. The van der Waals surface area contributed by atoms with Crippen molar-refractivity contribution in [3.05, 3.63) is 0 Å². The third-order valence-corrected chi connectivity index (χ3v) is 4.83. The third-order valence-electron chi connectivity index (χ3n) is 4.83. The third kappa shape index (κ3) is 5.61. The van der Waals surface area contributed by atoms with Crippen LogP contribution in [-0.4, -0.2) is 29.6 Å². The highest BCUT2D eigenvalue weighted by Crippen LogP contribution is 2.21. The molecule has 3 nitrogen and oxygen atoms in total. The van der Waals surface area contributed by atoms with Gasteiger partial charge in [-0.15, -0.1) is 0 Å². The summed E-state index contributed by atoms with van der Waals surface area (Å²) in [4.78, 5) is 14.6. The first-order valence-electron chi connectivity index (χ1n) is 9.07. The lowest BCUT2D eigenvalue weighted by Crippen LogP contribution is -2.37. The first kappa shape index (κ1) is 18.5. The molecule has 1 aliphatic rings. The maximum Gasteiger partial charge on any atom is 0.241 e. The van der Waals surface area contributed by atoms with Gasteiger partial charge in [-0.25, -0.2) is 0 Å². The largest absolute Gasteiger partial charge is 0.326 e. The zero-order valence-corrected chi connectivity index (χ0v) is 14.8. The first-order valence-corrected chi connectivity index (χ1v) is 9.07. The number of nitrogens with one attached hydrogen (secondary N) is 1. The van der Waals surface area contributed by atoms with Gasteiger partial charge in [0, 0.05) is 6.54 Å². The van der Waals surface area contributed by atoms with Crippen molar-refractivity contribution in [1.29, 1.82) is 0 Å². The molecule has 0 bridgehead atoms. The molecule has 1 heterocycles. The topological polar surface area (TPSA) is 32.3 Å². The van der Waals surface area contributed by atoms with Crippen LogP contribution < -0.4 is 5.32 Å². The Kier molecular flexibility index (Phi) is 8.31. The molecule has 1 amide bonds. The summed E-state index contributed by atoms with van der Waals surface area (Å²) < 4.78 is 0. The van der Waals surface area contributed by atoms with Crippen molar-refractivity contribution in [2.45, 2.75) is 91.8 Å². The van der Waals surface area contributed by atoms with Gasteiger partial charge < -0.3 is 4.90 Å². The van der Waals surface area contributed by atoms with Gasteiger partial charge in [0.1, 0.15) is 0 Å². The number of carbonyl (C=O) groups excluding carboxylic acids is 1. The zero-order valence-electron chi connectivity index (χ0n) is 14.8. The number of hydrogen-bond acceptors (Lipinski definition) is 2. The van der Waals surface area contributed by atoms with E-state index in [0.29, 0.717) is 11.8 Å². The van der Waals surface area contributed by atoms with Gasteiger partial charge in [-0.3, -0.25) is 10.1 Å². The molecule has 3 heteroatoms. The van der Waals surface area contributed by atoms with Crippen LogP contribution in [-0.2, 0) is 4.79 Å². The van der Waals surface area contributed by atoms with Crippen molar-refractivity contribution < 1.29 is 4.79 Å². The first-order chi connectivity index (χ1) is 10.0. The summed E-state index contributed by atoms with van der Waals surface area (Å²) in [6.45, 7) is 12.0. The molecule has 0 aromatic heterocycles. The molecule has 0 aliphatic carbocycles. The normalized spacial score (nSPS) is 24.1. The van der Waals surface area contributed by atoms with E-state index in [1.54, 1.807) is 0 Å². The van der Waals surface area contributed by atoms with Crippen LogP contribution in [0.25, 0.3) is 0 Å². The van der Waals surface area contributed by atoms with Crippen molar-refractivity contribution in [1.82, 2.24) is 10.2 Å². The highest BCUT2D eigenvalue weighted by molar-refractivity contribution is 5.84. The molecule has 0 spiro atoms. The van der Waals surface area contributed by atoms with E-state index in [1.807, 2.05) is 0 Å². The Morgan fingerprint density at radius 3 is 2.33 bits per heavy atom. The lowest BCUT2D eigenvalue weighted by molar-refractivity contribution is -0.131. The van der Waals surface area contributed by atoms with Gasteiger partial charge in [-0.1, -0.05) is 66.7 Å². The van der Waals surface area contributed by atoms with Crippen molar-refractivity contribution in [3.8, 4) is 0 Å². The van der Waals surface area contributed by atoms with Crippen molar-refractivity contribution in [2.75, 3.05) is 6.54 Å². The van der Waals surface area contributed by atoms with Crippen LogP contribution in [0.15, 0.2) is 0 Å². The summed E-state index contributed by atoms with van der Waals surface area (Å²) >= 11 is 0. The van der Waals surface area contributed by atoms with Gasteiger partial charge >= 0.3 is 0 Å². The van der Waals surface area contributed by atoms with Gasteiger partial charge in [0.15, 0.2) is 0 Å². The molecule has 124 valence electrons. The van der Waals surface area contributed by atoms with Gasteiger partial charge in [-0.05, 0) is 24.7 Å². The van der Waals surface area contributed by atoms with Crippen LogP contribution in [0.3, 0.4) is 0 Å². The van der Waals surface area contributed by atoms with Crippen LogP contribution >= 0.6 is 0 Å². The molecule has 0 radical (unpaired) electrons. The Morgan fingerprint density at radius 2 is 1.76 bits per heavy atom. The number of hydrogen-bond donors (Lipinski definition) is 1. The number of nitrogens with zero attached hydrogens (tertiary/aromatic N) is 1. The van der Waals surface area contributed by atoms with E-state index in [2.05, 4.69) is 44.8 Å². The van der Waals surface area contributed by atoms with Crippen LogP contribution in [0.4, 0.5) is 0 Å². The Morgan fingerprint density at radius 1 is 1.10 bits per heavy atom. The Hall–Kier alpha value is -0.570. The SMILES string of the molecule is CCC(C)C1NC(CC)N(CCCCCCC(C)C)C1=O. The van der Waals surface area contributed by atoms with E-state index in [-0.39, 0.29) is 12.2 Å². The molecule has 21 heavy (non-hydrogen) atoms. The van der Waals surface area contributed by atoms with Crippen LogP contribution in [0, 0.1) is 11.8 Å². The highest BCUT2D eigenvalue weighted by Gasteiger charge is 2.39. The zero-order chi connectivity index (χ0) is 15.8. The summed E-state index contributed by atoms with van der Waals surface area (Å²) in [7, 11) is 0. The minimum Gasteiger partial charge on any atom is -0.326 e. The molecule has 1 rings (SSSR count). The van der Waals surface area contributed by atoms with E-state index < -0.39 is 0 Å². The summed E-state index contributed by atoms with van der Waals surface area (Å²) in [6, 6.07) is 0.0425. The quantitative estimate of drug-likeness (QED) is 0.613. The van der Waals surface area contributed by atoms with Gasteiger partial charge in [0.2, 0.25) is 5.91 Å². The smallest absolute Gasteiger partial charge is 0.241 e. The molecule has 3 atom stereocenters. The standard InChI is InChI=1S/C18H36N2O/c1-6-15(5)17-18(21)20(16(7-2)19-17)13-11-9-8-10-12-14(3)4/h14-17,19H,6-13H2,1-5H3. The second-order valence-electron chi connectivity index (χ2n) is 7.08. The monoisotopic (exact) mass is 296 g/mol. The Labute approximate surface area is 131 Å². The van der Waals surface area contributed by atoms with Crippen LogP contribution in [0.2, 0.25) is 0 Å². The second kappa shape index (κ2) is 9.45. The number of rotatable bonds is 10. The Bertz CT molecular complexity index is 304. The van der Waals surface area contributed by atoms with Crippen molar-refractivity contribution in [3.63, 3.8) is 0 Å². The molecule has 1 fully saturated rings. The van der Waals surface area contributed by atoms with Crippen molar-refractivity contribution in [2.24, 2.45) is 11.8 Å². The summed E-state index contributed by atoms with van der Waals surface area (Å²) in [5.74, 6) is 1.58. The van der Waals surface area contributed by atoms with Gasteiger partial charge in [0.05, 0.1) is 12.2 Å². The van der Waals surface area contributed by atoms with Gasteiger partial charge in [0.25, 0.3) is 0 Å². The molecule has 1 N–H and O–H groups in total. The fourth-order valence-electron chi connectivity index (χ4n) is 3.14. The summed E-state index contributed by atoms with van der Waals surface area (Å²) in [5, 5.41) is 3.53. The number of unbranched alkanes of at least 4 members (excludes halogenated alkanes) is 3. The molecular formula is C18H36N2O. The fraction of sp³-hybridized carbons (Fsp3) is 0.944. The minimum atomic E-state index is 0.0425. The summed E-state index contributed by atoms with van der Waals surface area (Å²) in [5.41, 5.74) is 0. The van der Waals surface area contributed by atoms with E-state index >= 15 is 0 Å². The minimum absolute atomic E-state index is 0.0425. The van der Waals surface area contributed by atoms with E-state index in [9.17, 15) is 4.79 Å². The molecule has 1 aliphatic heterocycles. The fourth-order valence-corrected chi connectivity index (χ4v) is 3.14. The van der Waals surface area contributed by atoms with Gasteiger partial charge in [-0.2, -0.15) is 0 Å². The maximum atomic E-state index is 12.5. The lowest BCUT2D eigenvalue weighted by atomic mass is 9.99. The average Bonchev–Trinajstić information content (AvgIpc) is 2.78. The lowest BCUT2D eigenvalue weighted by Gasteiger charge is -2.23. The maximum absolute atomic E-state index is 12.5. The molecule has 1 saturated heterocycles. The van der Waals surface area contributed by atoms with E-state index in [1.165, 1.54) is 25.7 Å². The highest BCUT2D eigenvalue weighted by atomic mass is 16.2. The molecule has 0 aromatic rings. The molecule has 0 aromatic carbocycles. The molecule has 3 unspecified atom stereocenters. The predicted molar refractivity (Wildman–Crippen MR) is 90.1 cm³/mol. The van der Waals surface area contributed by atoms with E-state index in [0.717, 1.165) is 31.7 Å².